The summed E-state index contributed by atoms with van der Waals surface area (Å²) in [5, 5.41) is 0. The molecular formula is C56H54N2. The Labute approximate surface area is 346 Å². The molecule has 288 valence electrons. The monoisotopic (exact) mass is 754 g/mol. The van der Waals surface area contributed by atoms with Crippen LogP contribution in [0.1, 0.15) is 110 Å². The van der Waals surface area contributed by atoms with Crippen LogP contribution in [0.2, 0.25) is 0 Å². The molecule has 0 amide bonds. The van der Waals surface area contributed by atoms with Crippen molar-refractivity contribution in [2.24, 2.45) is 9.98 Å². The van der Waals surface area contributed by atoms with Gasteiger partial charge in [-0.05, 0) is 105 Å². The molecule has 0 fully saturated rings. The molecule has 2 unspecified atom stereocenters. The van der Waals surface area contributed by atoms with Crippen molar-refractivity contribution in [1.82, 2.24) is 0 Å². The van der Waals surface area contributed by atoms with Crippen molar-refractivity contribution in [1.29, 1.82) is 0 Å². The van der Waals surface area contributed by atoms with Crippen molar-refractivity contribution in [2.45, 2.75) is 77.7 Å². The van der Waals surface area contributed by atoms with Crippen LogP contribution in [0.25, 0.3) is 22.3 Å². The standard InChI is InChI=1S/C56H54N2/c1-4-18-46(38-54(44-22-12-8-13-23-44)58-47-24-14-9-15-25-47)41-30-32-42(33-31-41)49-26-16-28-51-52-29-17-27-50(56(52)48(6-3)55(49)51)43-34-36-45(37-35-43)53(19-5-2)57-39-40-20-10-7-11-21-40/h7-17,20-25,27-38,48-49H,4-6,18-19,26,39H2,1-3H3/b46-38+,57-53+,58-54+. The molecule has 0 N–H and O–H groups in total. The van der Waals surface area contributed by atoms with Gasteiger partial charge in [0.05, 0.1) is 17.9 Å². The Kier molecular flexibility index (Phi) is 12.3. The highest BCUT2D eigenvalue weighted by Gasteiger charge is 2.37. The number of nitrogens with zero attached hydrogens (tertiary/aromatic N) is 2. The second-order valence-electron chi connectivity index (χ2n) is 15.6. The molecule has 2 heteroatoms. The van der Waals surface area contributed by atoms with Crippen LogP contribution in [0.3, 0.4) is 0 Å². The van der Waals surface area contributed by atoms with Crippen LogP contribution in [0.15, 0.2) is 192 Å². The molecule has 58 heavy (non-hydrogen) atoms. The second kappa shape index (κ2) is 18.4. The van der Waals surface area contributed by atoms with Gasteiger partial charge in [0.25, 0.3) is 0 Å². The lowest BCUT2D eigenvalue weighted by molar-refractivity contribution is 0.674. The van der Waals surface area contributed by atoms with Crippen LogP contribution in [-0.2, 0) is 6.54 Å². The Morgan fingerprint density at radius 3 is 1.97 bits per heavy atom. The lowest BCUT2D eigenvalue weighted by Crippen LogP contribution is -2.10. The lowest BCUT2D eigenvalue weighted by atomic mass is 9.76. The lowest BCUT2D eigenvalue weighted by Gasteiger charge is -2.27. The predicted octanol–water partition coefficient (Wildman–Crippen LogP) is 15.2. The average molecular weight is 755 g/mol. The summed E-state index contributed by atoms with van der Waals surface area (Å²) in [6.07, 6.45) is 13.3. The van der Waals surface area contributed by atoms with Gasteiger partial charge >= 0.3 is 0 Å². The van der Waals surface area contributed by atoms with Gasteiger partial charge in [0, 0.05) is 23.1 Å². The zero-order valence-electron chi connectivity index (χ0n) is 34.2. The highest BCUT2D eigenvalue weighted by molar-refractivity contribution is 6.13. The van der Waals surface area contributed by atoms with E-state index >= 15 is 0 Å². The Bertz CT molecular complexity index is 2460. The molecule has 2 aliphatic rings. The van der Waals surface area contributed by atoms with Crippen LogP contribution in [0, 0.1) is 0 Å². The molecule has 0 spiro atoms. The van der Waals surface area contributed by atoms with Crippen molar-refractivity contribution in [3.05, 3.63) is 220 Å². The van der Waals surface area contributed by atoms with Crippen LogP contribution < -0.4 is 0 Å². The molecular weight excluding hydrogens is 701 g/mol. The second-order valence-corrected chi connectivity index (χ2v) is 15.6. The zero-order chi connectivity index (χ0) is 39.7. The van der Waals surface area contributed by atoms with Crippen molar-refractivity contribution in [2.75, 3.05) is 0 Å². The van der Waals surface area contributed by atoms with Crippen LogP contribution >= 0.6 is 0 Å². The molecule has 2 aliphatic carbocycles. The fourth-order valence-corrected chi connectivity index (χ4v) is 8.99. The van der Waals surface area contributed by atoms with Gasteiger partial charge in [-0.3, -0.25) is 4.99 Å². The third-order valence-electron chi connectivity index (χ3n) is 11.8. The molecule has 8 rings (SSSR count). The van der Waals surface area contributed by atoms with Gasteiger partial charge in [0.2, 0.25) is 0 Å². The number of allylic oxidation sites excluding steroid dienone is 6. The van der Waals surface area contributed by atoms with Crippen LogP contribution in [-0.4, -0.2) is 11.4 Å². The number of rotatable bonds is 14. The predicted molar refractivity (Wildman–Crippen MR) is 248 cm³/mol. The van der Waals surface area contributed by atoms with Gasteiger partial charge in [-0.1, -0.05) is 191 Å². The maximum atomic E-state index is 5.13. The van der Waals surface area contributed by atoms with E-state index in [0.29, 0.717) is 18.4 Å². The van der Waals surface area contributed by atoms with E-state index in [1.165, 1.54) is 61.4 Å². The molecule has 2 atom stereocenters. The van der Waals surface area contributed by atoms with Crippen LogP contribution in [0.4, 0.5) is 5.69 Å². The molecule has 0 aliphatic heterocycles. The summed E-state index contributed by atoms with van der Waals surface area (Å²) in [5.41, 5.74) is 19.2. The first-order chi connectivity index (χ1) is 28.6. The Hall–Kier alpha value is -6.12. The van der Waals surface area contributed by atoms with E-state index < -0.39 is 0 Å². The SMILES string of the molecule is CCC/C(=C\C(=N/c1ccccc1)c1ccccc1)c1ccc(C2CC=CC3=C2C(CC)c2c3cccc2-c2ccc(/C(CCC)=N/Cc3ccccc3)cc2)cc1. The summed E-state index contributed by atoms with van der Waals surface area (Å²) in [7, 11) is 0. The topological polar surface area (TPSA) is 24.7 Å². The fraction of sp³-hybridized carbons (Fsp3) is 0.214. The first-order valence-corrected chi connectivity index (χ1v) is 21.4. The molecule has 6 aromatic carbocycles. The molecule has 2 nitrogen and oxygen atoms in total. The first-order valence-electron chi connectivity index (χ1n) is 21.4. The quantitative estimate of drug-likeness (QED) is 0.0990. The minimum atomic E-state index is 0.345. The maximum absolute atomic E-state index is 5.13. The van der Waals surface area contributed by atoms with Crippen molar-refractivity contribution in [3.8, 4) is 11.1 Å². The van der Waals surface area contributed by atoms with E-state index in [2.05, 4.69) is 191 Å². The Morgan fingerprint density at radius 1 is 0.621 bits per heavy atom. The minimum absolute atomic E-state index is 0.345. The van der Waals surface area contributed by atoms with E-state index in [0.717, 1.165) is 55.5 Å². The van der Waals surface area contributed by atoms with Gasteiger partial charge in [0.15, 0.2) is 0 Å². The maximum Gasteiger partial charge on any atom is 0.0712 e. The largest absolute Gasteiger partial charge is 0.284 e. The summed E-state index contributed by atoms with van der Waals surface area (Å²) in [4.78, 5) is 10.2. The normalized spacial score (nSPS) is 16.7. The third kappa shape index (κ3) is 8.43. The van der Waals surface area contributed by atoms with Crippen molar-refractivity contribution in [3.63, 3.8) is 0 Å². The van der Waals surface area contributed by atoms with Gasteiger partial charge in [-0.25, -0.2) is 4.99 Å². The van der Waals surface area contributed by atoms with E-state index in [4.69, 9.17) is 9.98 Å². The molecule has 0 radical (unpaired) electrons. The Balaban J connectivity index is 1.08. The van der Waals surface area contributed by atoms with E-state index in [9.17, 15) is 0 Å². The fourth-order valence-electron chi connectivity index (χ4n) is 8.99. The summed E-state index contributed by atoms with van der Waals surface area (Å²) in [6, 6.07) is 57.1. The zero-order valence-corrected chi connectivity index (χ0v) is 34.2. The van der Waals surface area contributed by atoms with Gasteiger partial charge in [0.1, 0.15) is 0 Å². The summed E-state index contributed by atoms with van der Waals surface area (Å²) in [5.74, 6) is 0.717. The Morgan fingerprint density at radius 2 is 1.28 bits per heavy atom. The number of para-hydroxylation sites is 1. The van der Waals surface area contributed by atoms with Gasteiger partial charge in [-0.15, -0.1) is 0 Å². The number of fused-ring (bicyclic) bond motifs is 2. The van der Waals surface area contributed by atoms with E-state index in [-0.39, 0.29) is 0 Å². The third-order valence-corrected chi connectivity index (χ3v) is 11.8. The molecule has 0 bridgehead atoms. The van der Waals surface area contributed by atoms with Crippen molar-refractivity contribution < 1.29 is 0 Å². The smallest absolute Gasteiger partial charge is 0.0712 e. The van der Waals surface area contributed by atoms with E-state index in [1.54, 1.807) is 5.57 Å². The highest BCUT2D eigenvalue weighted by atomic mass is 14.7. The average Bonchev–Trinajstić information content (AvgIpc) is 3.62. The molecule has 0 saturated heterocycles. The molecule has 0 saturated carbocycles. The van der Waals surface area contributed by atoms with Gasteiger partial charge in [-0.2, -0.15) is 0 Å². The number of benzene rings is 6. The molecule has 0 heterocycles. The summed E-state index contributed by atoms with van der Waals surface area (Å²) < 4.78 is 0. The first kappa shape index (κ1) is 38.7. The number of hydrogen-bond donors (Lipinski definition) is 0. The molecule has 6 aromatic rings. The summed E-state index contributed by atoms with van der Waals surface area (Å²) in [6.45, 7) is 7.58. The minimum Gasteiger partial charge on any atom is -0.284 e. The van der Waals surface area contributed by atoms with Gasteiger partial charge < -0.3 is 0 Å². The van der Waals surface area contributed by atoms with E-state index in [1.807, 2.05) is 6.07 Å². The van der Waals surface area contributed by atoms with Crippen molar-refractivity contribution >= 4 is 28.3 Å². The number of hydrogen-bond acceptors (Lipinski definition) is 2. The number of aliphatic imine (C=N–C) groups is 2. The van der Waals surface area contributed by atoms with Crippen LogP contribution in [0.5, 0.6) is 0 Å². The highest BCUT2D eigenvalue weighted by Crippen LogP contribution is 2.55. The summed E-state index contributed by atoms with van der Waals surface area (Å²) >= 11 is 0. The molecule has 0 aromatic heterocycles.